The lowest BCUT2D eigenvalue weighted by molar-refractivity contribution is -0.142. The minimum atomic E-state index is -3.71. The number of morpholine rings is 1. The van der Waals surface area contributed by atoms with Crippen molar-refractivity contribution >= 4 is 39.6 Å². The smallest absolute Gasteiger partial charge is 0.407 e. The summed E-state index contributed by atoms with van der Waals surface area (Å²) in [6.07, 6.45) is 1.30. The number of ether oxygens (including phenoxy) is 2. The van der Waals surface area contributed by atoms with Crippen molar-refractivity contribution in [3.05, 3.63) is 29.8 Å². The Balaban J connectivity index is 1.90. The minimum absolute atomic E-state index is 0.0102. The predicted octanol–water partition coefficient (Wildman–Crippen LogP) is -0.479. The van der Waals surface area contributed by atoms with Crippen LogP contribution < -0.4 is 21.4 Å². The van der Waals surface area contributed by atoms with Crippen LogP contribution in [0.15, 0.2) is 29.2 Å². The first-order valence-corrected chi connectivity index (χ1v) is 16.5. The summed E-state index contributed by atoms with van der Waals surface area (Å²) < 4.78 is 35.4. The van der Waals surface area contributed by atoms with Gasteiger partial charge < -0.3 is 30.3 Å². The number of alkyl carbamates (subject to hydrolysis) is 1. The molecule has 5 amide bonds. The first-order valence-electron chi connectivity index (χ1n) is 14.6. The molecule has 5 N–H and O–H groups in total. The van der Waals surface area contributed by atoms with Crippen LogP contribution in [0.2, 0.25) is 0 Å². The second kappa shape index (κ2) is 16.9. The molecule has 3 rings (SSSR count). The summed E-state index contributed by atoms with van der Waals surface area (Å²) in [5, 5.41) is 17.4. The average Bonchev–Trinajstić information content (AvgIpc) is 3.01. The summed E-state index contributed by atoms with van der Waals surface area (Å²) in [4.78, 5) is 66.3. The Kier molecular flexibility index (Phi) is 13.4. The van der Waals surface area contributed by atoms with E-state index >= 15 is 0 Å². The Bertz CT molecular complexity index is 1290. The number of nitrogens with zero attached hydrogens (tertiary/aromatic N) is 1. The van der Waals surface area contributed by atoms with Gasteiger partial charge in [-0.3, -0.25) is 24.4 Å². The lowest BCUT2D eigenvalue weighted by Crippen LogP contribution is -2.53. The third-order valence-electron chi connectivity index (χ3n) is 7.57. The lowest BCUT2D eigenvalue weighted by atomic mass is 9.82. The first kappa shape index (κ1) is 34.7. The molecule has 2 saturated heterocycles. The zero-order chi connectivity index (χ0) is 32.1. The molecule has 3 atom stereocenters. The summed E-state index contributed by atoms with van der Waals surface area (Å²) in [5.74, 6) is -4.94. The van der Waals surface area contributed by atoms with Gasteiger partial charge in [0.25, 0.3) is 0 Å². The van der Waals surface area contributed by atoms with Gasteiger partial charge in [0.15, 0.2) is 9.84 Å². The topological polar surface area (TPSA) is 210 Å². The number of sulfone groups is 1. The Morgan fingerprint density at radius 2 is 1.75 bits per heavy atom. The SMILES string of the molecule is CS(=O)(=O)c1ccccc1CC1C(=O)NC(C(=O)NCC(=O)N2CCOCC2)CCCCNC(=O)OCCC[C@@H]1C(=O)NO. The van der Waals surface area contributed by atoms with Crippen molar-refractivity contribution in [1.82, 2.24) is 26.3 Å². The van der Waals surface area contributed by atoms with Gasteiger partial charge in [-0.1, -0.05) is 18.2 Å². The zero-order valence-electron chi connectivity index (χ0n) is 24.7. The van der Waals surface area contributed by atoms with Crippen LogP contribution in [-0.2, 0) is 44.9 Å². The molecular weight excluding hydrogens is 598 g/mol. The molecule has 15 nitrogen and oxygen atoms in total. The molecule has 2 fully saturated rings. The van der Waals surface area contributed by atoms with Gasteiger partial charge in [0.2, 0.25) is 23.6 Å². The number of hydrogen-bond donors (Lipinski definition) is 5. The van der Waals surface area contributed by atoms with Gasteiger partial charge >= 0.3 is 6.09 Å². The highest BCUT2D eigenvalue weighted by atomic mass is 32.2. The molecule has 0 saturated carbocycles. The van der Waals surface area contributed by atoms with Crippen molar-refractivity contribution in [3.8, 4) is 0 Å². The van der Waals surface area contributed by atoms with E-state index < -0.39 is 51.5 Å². The van der Waals surface area contributed by atoms with Crippen molar-refractivity contribution < 1.29 is 47.1 Å². The lowest BCUT2D eigenvalue weighted by Gasteiger charge is -2.29. The van der Waals surface area contributed by atoms with Crippen LogP contribution in [0.5, 0.6) is 0 Å². The predicted molar refractivity (Wildman–Crippen MR) is 155 cm³/mol. The third-order valence-corrected chi connectivity index (χ3v) is 8.77. The number of carbonyl (C=O) groups is 5. The Morgan fingerprint density at radius 3 is 2.45 bits per heavy atom. The Morgan fingerprint density at radius 1 is 1.02 bits per heavy atom. The number of rotatable bonds is 7. The molecule has 2 aliphatic rings. The van der Waals surface area contributed by atoms with Gasteiger partial charge in [-0.2, -0.15) is 0 Å². The van der Waals surface area contributed by atoms with Crippen LogP contribution in [0, 0.1) is 11.8 Å². The molecule has 0 aliphatic carbocycles. The maximum Gasteiger partial charge on any atom is 0.407 e. The first-order chi connectivity index (χ1) is 21.0. The molecule has 2 heterocycles. The van der Waals surface area contributed by atoms with Crippen LogP contribution in [0.25, 0.3) is 0 Å². The quantitative estimate of drug-likeness (QED) is 0.191. The highest BCUT2D eigenvalue weighted by molar-refractivity contribution is 7.90. The van der Waals surface area contributed by atoms with E-state index in [1.54, 1.807) is 16.4 Å². The second-order valence-corrected chi connectivity index (χ2v) is 12.7. The van der Waals surface area contributed by atoms with Crippen molar-refractivity contribution in [2.75, 3.05) is 52.3 Å². The number of cyclic esters (lactones) is 1. The van der Waals surface area contributed by atoms with E-state index in [-0.39, 0.29) is 61.7 Å². The molecule has 0 spiro atoms. The average molecular weight is 640 g/mol. The van der Waals surface area contributed by atoms with E-state index in [1.807, 2.05) is 0 Å². The van der Waals surface area contributed by atoms with E-state index in [1.165, 1.54) is 18.2 Å². The highest BCUT2D eigenvalue weighted by Gasteiger charge is 2.36. The number of carbonyl (C=O) groups excluding carboxylic acids is 5. The normalized spacial score (nSPS) is 22.7. The molecule has 1 aromatic rings. The van der Waals surface area contributed by atoms with E-state index in [0.29, 0.717) is 39.1 Å². The maximum absolute atomic E-state index is 13.9. The number of hydrogen-bond acceptors (Lipinski definition) is 10. The fourth-order valence-corrected chi connectivity index (χ4v) is 6.18. The number of amides is 5. The largest absolute Gasteiger partial charge is 0.450 e. The van der Waals surface area contributed by atoms with Crippen LogP contribution in [0.1, 0.15) is 37.7 Å². The monoisotopic (exact) mass is 639 g/mol. The molecule has 0 bridgehead atoms. The van der Waals surface area contributed by atoms with E-state index in [2.05, 4.69) is 16.0 Å². The Labute approximate surface area is 256 Å². The van der Waals surface area contributed by atoms with Gasteiger partial charge in [0.1, 0.15) is 6.04 Å². The standard InChI is InChI=1S/C28H41N5O10S/c1-44(40,41)23-10-3-2-7-19(23)17-21-20(26(36)32-39)8-6-14-43-28(38)29-11-5-4-9-22(31-25(21)35)27(37)30-18-24(34)33-12-15-42-16-13-33/h2-3,7,10,20-22,39H,4-6,8-9,11-18H2,1H3,(H,29,38)(H,30,37)(H,31,35)(H,32,36)/t20-,21?,22?/m0/s1. The molecule has 2 unspecified atom stereocenters. The summed E-state index contributed by atoms with van der Waals surface area (Å²) in [6, 6.07) is 4.95. The zero-order valence-corrected chi connectivity index (χ0v) is 25.5. The molecule has 1 aromatic carbocycles. The van der Waals surface area contributed by atoms with E-state index in [9.17, 15) is 37.6 Å². The van der Waals surface area contributed by atoms with Gasteiger partial charge in [0, 0.05) is 25.9 Å². The van der Waals surface area contributed by atoms with Crippen LogP contribution in [-0.4, -0.2) is 107 Å². The highest BCUT2D eigenvalue weighted by Crippen LogP contribution is 2.27. The number of benzene rings is 1. The molecule has 16 heteroatoms. The molecule has 0 aromatic heterocycles. The minimum Gasteiger partial charge on any atom is -0.450 e. The van der Waals surface area contributed by atoms with Crippen LogP contribution >= 0.6 is 0 Å². The van der Waals surface area contributed by atoms with Crippen molar-refractivity contribution in [2.24, 2.45) is 11.8 Å². The molecule has 244 valence electrons. The van der Waals surface area contributed by atoms with Crippen molar-refractivity contribution in [2.45, 2.75) is 49.5 Å². The van der Waals surface area contributed by atoms with Gasteiger partial charge in [-0.05, 0) is 50.2 Å². The molecule has 0 radical (unpaired) electrons. The van der Waals surface area contributed by atoms with Crippen LogP contribution in [0.3, 0.4) is 0 Å². The Hall–Kier alpha value is -3.76. The van der Waals surface area contributed by atoms with E-state index in [0.717, 1.165) is 6.26 Å². The van der Waals surface area contributed by atoms with Crippen molar-refractivity contribution in [3.63, 3.8) is 0 Å². The van der Waals surface area contributed by atoms with Crippen molar-refractivity contribution in [1.29, 1.82) is 0 Å². The summed E-state index contributed by atoms with van der Waals surface area (Å²) in [5.41, 5.74) is 1.85. The fourth-order valence-electron chi connectivity index (χ4n) is 5.23. The molecular formula is C28H41N5O10S. The van der Waals surface area contributed by atoms with Gasteiger partial charge in [-0.15, -0.1) is 0 Å². The molecule has 44 heavy (non-hydrogen) atoms. The summed E-state index contributed by atoms with van der Waals surface area (Å²) in [7, 11) is -3.71. The second-order valence-electron chi connectivity index (χ2n) is 10.7. The maximum atomic E-state index is 13.9. The number of hydroxylamine groups is 1. The van der Waals surface area contributed by atoms with Gasteiger partial charge in [-0.25, -0.2) is 18.7 Å². The fraction of sp³-hybridized carbons (Fsp3) is 0.607. The van der Waals surface area contributed by atoms with Gasteiger partial charge in [0.05, 0.1) is 43.1 Å². The summed E-state index contributed by atoms with van der Waals surface area (Å²) in [6.45, 7) is 1.48. The summed E-state index contributed by atoms with van der Waals surface area (Å²) >= 11 is 0. The van der Waals surface area contributed by atoms with E-state index in [4.69, 9.17) is 9.47 Å². The number of nitrogens with one attached hydrogen (secondary N) is 4. The molecule has 2 aliphatic heterocycles. The van der Waals surface area contributed by atoms with Crippen LogP contribution in [0.4, 0.5) is 4.79 Å². The third kappa shape index (κ3) is 10.4.